The smallest absolute Gasteiger partial charge is 0.0751 e. The lowest BCUT2D eigenvalue weighted by Crippen LogP contribution is -2.31. The molecular formula is C14H17N3. The maximum absolute atomic E-state index is 4.44. The van der Waals surface area contributed by atoms with Gasteiger partial charge in [-0.2, -0.15) is 5.10 Å². The monoisotopic (exact) mass is 227 g/mol. The fraction of sp³-hybridized carbons (Fsp3) is 0.357. The molecule has 2 aromatic rings. The van der Waals surface area contributed by atoms with E-state index in [-0.39, 0.29) is 6.04 Å². The lowest BCUT2D eigenvalue weighted by Gasteiger charge is -2.26. The van der Waals surface area contributed by atoms with Crippen LogP contribution >= 0.6 is 0 Å². The van der Waals surface area contributed by atoms with Crippen LogP contribution < -0.4 is 5.32 Å². The van der Waals surface area contributed by atoms with Crippen molar-refractivity contribution >= 4 is 0 Å². The average molecular weight is 227 g/mol. The molecule has 17 heavy (non-hydrogen) atoms. The molecule has 1 atom stereocenters. The van der Waals surface area contributed by atoms with E-state index in [1.165, 1.54) is 16.8 Å². The second-order valence-electron chi connectivity index (χ2n) is 4.67. The zero-order valence-corrected chi connectivity index (χ0v) is 10.3. The predicted molar refractivity (Wildman–Crippen MR) is 67.9 cm³/mol. The average Bonchev–Trinajstić information content (AvgIpc) is 2.68. The first-order valence-electron chi connectivity index (χ1n) is 6.07. The molecule has 1 aromatic heterocycles. The second-order valence-corrected chi connectivity index (χ2v) is 4.67. The van der Waals surface area contributed by atoms with Gasteiger partial charge < -0.3 is 5.32 Å². The van der Waals surface area contributed by atoms with Crippen molar-refractivity contribution in [3.05, 3.63) is 52.8 Å². The number of aryl methyl sites for hydroxylation is 2. The Labute approximate surface area is 101 Å². The Morgan fingerprint density at radius 1 is 1.35 bits per heavy atom. The number of rotatable bonds is 1. The summed E-state index contributed by atoms with van der Waals surface area (Å²) in [6.45, 7) is 3.07. The summed E-state index contributed by atoms with van der Waals surface area (Å²) in [4.78, 5) is 0. The van der Waals surface area contributed by atoms with Crippen LogP contribution in [0.1, 0.15) is 28.6 Å². The Morgan fingerprint density at radius 2 is 2.18 bits per heavy atom. The van der Waals surface area contributed by atoms with Crippen molar-refractivity contribution in [2.75, 3.05) is 6.54 Å². The molecule has 0 bridgehead atoms. The number of hydrogen-bond acceptors (Lipinski definition) is 2. The molecule has 1 N–H and O–H groups in total. The second kappa shape index (κ2) is 4.00. The van der Waals surface area contributed by atoms with Crippen molar-refractivity contribution in [1.82, 2.24) is 15.1 Å². The van der Waals surface area contributed by atoms with Gasteiger partial charge in [-0.05, 0) is 30.5 Å². The zero-order chi connectivity index (χ0) is 11.8. The number of fused-ring (bicyclic) bond motifs is 1. The summed E-state index contributed by atoms with van der Waals surface area (Å²) in [7, 11) is 2.02. The molecule has 0 radical (unpaired) electrons. The summed E-state index contributed by atoms with van der Waals surface area (Å²) in [6.07, 6.45) is 1.11. The van der Waals surface area contributed by atoms with Gasteiger partial charge >= 0.3 is 0 Å². The van der Waals surface area contributed by atoms with Crippen molar-refractivity contribution in [1.29, 1.82) is 0 Å². The standard InChI is InChI=1S/C14H17N3/c1-10-9-13(17(2)16-10)14-12-6-4-3-5-11(12)7-8-15-14/h3-6,9,14-15H,7-8H2,1-2H3/t14-/m0/s1. The third kappa shape index (κ3) is 1.76. The number of aromatic nitrogens is 2. The SMILES string of the molecule is Cc1cc([C@H]2NCCc3ccccc32)n(C)n1. The minimum absolute atomic E-state index is 0.283. The molecule has 0 unspecified atom stereocenters. The Morgan fingerprint density at radius 3 is 2.94 bits per heavy atom. The lowest BCUT2D eigenvalue weighted by molar-refractivity contribution is 0.529. The van der Waals surface area contributed by atoms with Gasteiger partial charge in [0.15, 0.2) is 0 Å². The van der Waals surface area contributed by atoms with E-state index in [9.17, 15) is 0 Å². The fourth-order valence-electron chi connectivity index (χ4n) is 2.67. The Bertz CT molecular complexity index is 542. The van der Waals surface area contributed by atoms with Gasteiger partial charge in [0.1, 0.15) is 0 Å². The highest BCUT2D eigenvalue weighted by Gasteiger charge is 2.23. The van der Waals surface area contributed by atoms with E-state index in [2.05, 4.69) is 40.7 Å². The lowest BCUT2D eigenvalue weighted by atomic mass is 9.92. The number of nitrogens with one attached hydrogen (secondary N) is 1. The van der Waals surface area contributed by atoms with Crippen LogP contribution in [0.4, 0.5) is 0 Å². The van der Waals surface area contributed by atoms with Crippen LogP contribution in [0, 0.1) is 6.92 Å². The molecule has 2 heterocycles. The topological polar surface area (TPSA) is 29.9 Å². The molecule has 3 nitrogen and oxygen atoms in total. The van der Waals surface area contributed by atoms with E-state index in [4.69, 9.17) is 0 Å². The van der Waals surface area contributed by atoms with Crippen LogP contribution in [0.25, 0.3) is 0 Å². The van der Waals surface area contributed by atoms with Crippen LogP contribution in [0.5, 0.6) is 0 Å². The maximum atomic E-state index is 4.44. The van der Waals surface area contributed by atoms with E-state index in [0.717, 1.165) is 18.7 Å². The predicted octanol–water partition coefficient (Wildman–Crippen LogP) is 1.96. The van der Waals surface area contributed by atoms with Crippen molar-refractivity contribution in [2.24, 2.45) is 7.05 Å². The van der Waals surface area contributed by atoms with Gasteiger partial charge in [-0.1, -0.05) is 24.3 Å². The van der Waals surface area contributed by atoms with Gasteiger partial charge in [-0.25, -0.2) is 0 Å². The Kier molecular flexibility index (Phi) is 2.48. The molecule has 0 aliphatic carbocycles. The van der Waals surface area contributed by atoms with Crippen LogP contribution in [0.15, 0.2) is 30.3 Å². The van der Waals surface area contributed by atoms with Crippen molar-refractivity contribution < 1.29 is 0 Å². The molecule has 1 aliphatic rings. The summed E-state index contributed by atoms with van der Waals surface area (Å²) in [5, 5.41) is 8.02. The summed E-state index contributed by atoms with van der Waals surface area (Å²) in [5.41, 5.74) is 5.17. The number of hydrogen-bond donors (Lipinski definition) is 1. The highest BCUT2D eigenvalue weighted by atomic mass is 15.3. The van der Waals surface area contributed by atoms with Gasteiger partial charge in [-0.15, -0.1) is 0 Å². The third-order valence-electron chi connectivity index (χ3n) is 3.44. The molecule has 0 saturated heterocycles. The van der Waals surface area contributed by atoms with Gasteiger partial charge in [0.25, 0.3) is 0 Å². The Balaban J connectivity index is 2.09. The molecule has 1 aromatic carbocycles. The van der Waals surface area contributed by atoms with Gasteiger partial charge in [0, 0.05) is 13.6 Å². The van der Waals surface area contributed by atoms with Gasteiger partial charge in [0.05, 0.1) is 17.4 Å². The van der Waals surface area contributed by atoms with Crippen LogP contribution in [0.3, 0.4) is 0 Å². The first-order chi connectivity index (χ1) is 8.25. The van der Waals surface area contributed by atoms with Crippen LogP contribution in [-0.4, -0.2) is 16.3 Å². The molecule has 3 rings (SSSR count). The van der Waals surface area contributed by atoms with E-state index in [0.29, 0.717) is 0 Å². The molecule has 0 amide bonds. The Hall–Kier alpha value is -1.61. The van der Waals surface area contributed by atoms with Crippen LogP contribution in [-0.2, 0) is 13.5 Å². The molecule has 0 saturated carbocycles. The third-order valence-corrected chi connectivity index (χ3v) is 3.44. The van der Waals surface area contributed by atoms with Crippen LogP contribution in [0.2, 0.25) is 0 Å². The molecule has 3 heteroatoms. The van der Waals surface area contributed by atoms with Crippen molar-refractivity contribution in [2.45, 2.75) is 19.4 Å². The minimum Gasteiger partial charge on any atom is -0.305 e. The molecule has 0 spiro atoms. The van der Waals surface area contributed by atoms with Gasteiger partial charge in [0.2, 0.25) is 0 Å². The van der Waals surface area contributed by atoms with E-state index in [1.54, 1.807) is 0 Å². The van der Waals surface area contributed by atoms with E-state index >= 15 is 0 Å². The molecule has 1 aliphatic heterocycles. The maximum Gasteiger partial charge on any atom is 0.0751 e. The molecule has 0 fully saturated rings. The quantitative estimate of drug-likeness (QED) is 0.807. The first-order valence-corrected chi connectivity index (χ1v) is 6.07. The normalized spacial score (nSPS) is 19.1. The molecular weight excluding hydrogens is 210 g/mol. The van der Waals surface area contributed by atoms with Crippen molar-refractivity contribution in [3.63, 3.8) is 0 Å². The first kappa shape index (κ1) is 10.5. The highest BCUT2D eigenvalue weighted by molar-refractivity contribution is 5.37. The van der Waals surface area contributed by atoms with E-state index in [1.807, 2.05) is 18.7 Å². The summed E-state index contributed by atoms with van der Waals surface area (Å²) in [6, 6.07) is 11.1. The zero-order valence-electron chi connectivity index (χ0n) is 10.3. The van der Waals surface area contributed by atoms with E-state index < -0.39 is 0 Å². The summed E-state index contributed by atoms with van der Waals surface area (Å²) in [5.74, 6) is 0. The molecule has 88 valence electrons. The van der Waals surface area contributed by atoms with Gasteiger partial charge in [-0.3, -0.25) is 4.68 Å². The number of nitrogens with zero attached hydrogens (tertiary/aromatic N) is 2. The highest BCUT2D eigenvalue weighted by Crippen LogP contribution is 2.28. The fourth-order valence-corrected chi connectivity index (χ4v) is 2.67. The number of benzene rings is 1. The summed E-state index contributed by atoms with van der Waals surface area (Å²) >= 11 is 0. The van der Waals surface area contributed by atoms with Crippen molar-refractivity contribution in [3.8, 4) is 0 Å². The minimum atomic E-state index is 0.283. The summed E-state index contributed by atoms with van der Waals surface area (Å²) < 4.78 is 1.98. The largest absolute Gasteiger partial charge is 0.305 e.